The van der Waals surface area contributed by atoms with Crippen molar-refractivity contribution in [3.05, 3.63) is 82.9 Å². The van der Waals surface area contributed by atoms with Crippen LogP contribution in [0.4, 0.5) is 0 Å². The van der Waals surface area contributed by atoms with E-state index < -0.39 is 23.4 Å². The van der Waals surface area contributed by atoms with Gasteiger partial charge in [-0.15, -0.1) is 0 Å². The van der Waals surface area contributed by atoms with Crippen molar-refractivity contribution in [1.29, 1.82) is 0 Å². The Hall–Kier alpha value is -2.64. The predicted molar refractivity (Wildman–Crippen MR) is 116 cm³/mol. The van der Waals surface area contributed by atoms with Crippen LogP contribution in [0, 0.1) is 10.8 Å². The fourth-order valence-electron chi connectivity index (χ4n) is 4.50. The number of ketones is 2. The van der Waals surface area contributed by atoms with Crippen LogP contribution in [0.1, 0.15) is 46.4 Å². The molecular weight excluding hydrogens is 408 g/mol. The molecule has 2 aromatic rings. The third-order valence-corrected chi connectivity index (χ3v) is 6.48. The van der Waals surface area contributed by atoms with Crippen LogP contribution in [0.5, 0.6) is 0 Å². The Morgan fingerprint density at radius 1 is 0.781 bits per heavy atom. The maximum absolute atomic E-state index is 13.1. The first-order valence-electron chi connectivity index (χ1n) is 10.8. The van der Waals surface area contributed by atoms with Crippen LogP contribution < -0.4 is 0 Å². The number of Topliss-reactive ketones (excluding diaryl/α,β-unsaturated/α-hetero) is 1. The third-order valence-electron chi connectivity index (χ3n) is 6.48. The summed E-state index contributed by atoms with van der Waals surface area (Å²) < 4.78 is 24.2. The van der Waals surface area contributed by atoms with Gasteiger partial charge >= 0.3 is 0 Å². The summed E-state index contributed by atoms with van der Waals surface area (Å²) in [6.07, 6.45) is 0.374. The lowest BCUT2D eigenvalue weighted by molar-refractivity contribution is -0.318. The Bertz CT molecular complexity index is 1050. The molecule has 0 amide bonds. The lowest BCUT2D eigenvalue weighted by atomic mass is 9.74. The zero-order valence-electron chi connectivity index (χ0n) is 18.2. The van der Waals surface area contributed by atoms with Crippen LogP contribution >= 0.6 is 0 Å². The lowest BCUT2D eigenvalue weighted by Gasteiger charge is -2.47. The van der Waals surface area contributed by atoms with Crippen LogP contribution in [0.2, 0.25) is 0 Å². The molecule has 0 aromatic heterocycles. The van der Waals surface area contributed by atoms with Gasteiger partial charge in [0, 0.05) is 27.7 Å². The van der Waals surface area contributed by atoms with Gasteiger partial charge in [-0.25, -0.2) is 0 Å². The first-order chi connectivity index (χ1) is 15.4. The summed E-state index contributed by atoms with van der Waals surface area (Å²) in [5.41, 5.74) is 1.05. The summed E-state index contributed by atoms with van der Waals surface area (Å²) in [6, 6.07) is 16.7. The highest BCUT2D eigenvalue weighted by atomic mass is 16.7. The number of carbonyl (C=O) groups is 2. The molecule has 166 valence electrons. The first kappa shape index (κ1) is 21.2. The Labute approximate surface area is 187 Å². The molecule has 0 radical (unpaired) electrons. The fourth-order valence-corrected chi connectivity index (χ4v) is 4.50. The average Bonchev–Trinajstić information content (AvgIpc) is 2.83. The maximum atomic E-state index is 13.1. The van der Waals surface area contributed by atoms with Gasteiger partial charge in [0.05, 0.1) is 31.8 Å². The van der Waals surface area contributed by atoms with Gasteiger partial charge < -0.3 is 18.9 Å². The molecule has 0 N–H and O–H groups in total. The molecule has 3 aliphatic rings. The van der Waals surface area contributed by atoms with Crippen molar-refractivity contribution < 1.29 is 28.5 Å². The molecular formula is C26H26O6. The van der Waals surface area contributed by atoms with Gasteiger partial charge in [0.2, 0.25) is 0 Å². The van der Waals surface area contributed by atoms with Gasteiger partial charge in [-0.3, -0.25) is 9.59 Å². The Morgan fingerprint density at radius 3 is 2.00 bits per heavy atom. The zero-order chi connectivity index (χ0) is 22.3. The van der Waals surface area contributed by atoms with E-state index >= 15 is 0 Å². The highest BCUT2D eigenvalue weighted by Crippen LogP contribution is 2.42. The van der Waals surface area contributed by atoms with Gasteiger partial charge in [0.15, 0.2) is 24.1 Å². The average molecular weight is 434 g/mol. The van der Waals surface area contributed by atoms with Crippen molar-refractivity contribution in [3.63, 3.8) is 0 Å². The highest BCUT2D eigenvalue weighted by Gasteiger charge is 2.48. The van der Waals surface area contributed by atoms with Crippen molar-refractivity contribution in [2.45, 2.75) is 26.4 Å². The molecule has 2 aromatic carbocycles. The number of rotatable bonds is 3. The van der Waals surface area contributed by atoms with Gasteiger partial charge in [0.1, 0.15) is 0 Å². The second-order valence-corrected chi connectivity index (χ2v) is 9.34. The zero-order valence-corrected chi connectivity index (χ0v) is 18.2. The molecule has 2 fully saturated rings. The van der Waals surface area contributed by atoms with E-state index in [9.17, 15) is 9.59 Å². The minimum atomic E-state index is -0.801. The molecule has 2 saturated heterocycles. The van der Waals surface area contributed by atoms with E-state index in [4.69, 9.17) is 18.9 Å². The SMILES string of the molecule is CC(C)(C1=CC(=O)c2ccccc2C1=O)C1OCC2(COC(c3ccccc3)OC2)CO1. The number of carbonyl (C=O) groups excluding carboxylic acids is 2. The molecule has 32 heavy (non-hydrogen) atoms. The molecule has 6 nitrogen and oxygen atoms in total. The molecule has 0 bridgehead atoms. The Balaban J connectivity index is 1.26. The van der Waals surface area contributed by atoms with Crippen molar-refractivity contribution in [3.8, 4) is 0 Å². The van der Waals surface area contributed by atoms with Gasteiger partial charge in [-0.2, -0.15) is 0 Å². The molecule has 2 aliphatic heterocycles. The highest BCUT2D eigenvalue weighted by molar-refractivity contribution is 6.24. The lowest BCUT2D eigenvalue weighted by Crippen LogP contribution is -2.54. The number of ether oxygens (including phenoxy) is 4. The maximum Gasteiger partial charge on any atom is 0.190 e. The summed E-state index contributed by atoms with van der Waals surface area (Å²) in [7, 11) is 0. The third kappa shape index (κ3) is 3.63. The van der Waals surface area contributed by atoms with E-state index in [0.717, 1.165) is 5.56 Å². The summed E-state index contributed by atoms with van der Waals surface area (Å²) in [5, 5.41) is 0. The van der Waals surface area contributed by atoms with E-state index in [2.05, 4.69) is 0 Å². The summed E-state index contributed by atoms with van der Waals surface area (Å²) in [4.78, 5) is 25.8. The number of fused-ring (bicyclic) bond motifs is 1. The van der Waals surface area contributed by atoms with Gasteiger partial charge in [-0.05, 0) is 6.08 Å². The van der Waals surface area contributed by atoms with Crippen molar-refractivity contribution >= 4 is 11.6 Å². The minimum absolute atomic E-state index is 0.160. The smallest absolute Gasteiger partial charge is 0.190 e. The molecule has 1 aliphatic carbocycles. The topological polar surface area (TPSA) is 71.1 Å². The monoisotopic (exact) mass is 434 g/mol. The normalized spacial score (nSPS) is 28.4. The number of hydrogen-bond donors (Lipinski definition) is 0. The molecule has 0 atom stereocenters. The summed E-state index contributed by atoms with van der Waals surface area (Å²) in [6.45, 7) is 5.42. The van der Waals surface area contributed by atoms with Crippen LogP contribution in [-0.2, 0) is 18.9 Å². The molecule has 1 spiro atoms. The van der Waals surface area contributed by atoms with Gasteiger partial charge in [-0.1, -0.05) is 68.4 Å². The van der Waals surface area contributed by atoms with Crippen LogP contribution in [0.25, 0.3) is 0 Å². The van der Waals surface area contributed by atoms with Crippen LogP contribution in [-0.4, -0.2) is 44.3 Å². The quantitative estimate of drug-likeness (QED) is 0.724. The predicted octanol–water partition coefficient (Wildman–Crippen LogP) is 4.12. The van der Waals surface area contributed by atoms with E-state index in [-0.39, 0.29) is 11.6 Å². The van der Waals surface area contributed by atoms with Crippen molar-refractivity contribution in [1.82, 2.24) is 0 Å². The van der Waals surface area contributed by atoms with E-state index in [1.165, 1.54) is 6.08 Å². The second-order valence-electron chi connectivity index (χ2n) is 9.34. The molecule has 0 unspecified atom stereocenters. The van der Waals surface area contributed by atoms with Gasteiger partial charge in [0.25, 0.3) is 0 Å². The standard InChI is InChI=1S/C26H26O6/c1-25(2,20-12-21(27)18-10-6-7-11-19(18)22(20)28)24-31-15-26(16-32-24)13-29-23(30-14-26)17-8-4-3-5-9-17/h3-12,23-24H,13-16H2,1-2H3. The molecule has 2 heterocycles. The Morgan fingerprint density at radius 2 is 1.34 bits per heavy atom. The van der Waals surface area contributed by atoms with Crippen molar-refractivity contribution in [2.75, 3.05) is 26.4 Å². The first-order valence-corrected chi connectivity index (χ1v) is 10.8. The number of hydrogen-bond acceptors (Lipinski definition) is 6. The second kappa shape index (κ2) is 8.05. The summed E-state index contributed by atoms with van der Waals surface area (Å²) in [5.74, 6) is -0.329. The van der Waals surface area contributed by atoms with E-state index in [1.807, 2.05) is 44.2 Å². The van der Waals surface area contributed by atoms with E-state index in [1.54, 1.807) is 24.3 Å². The number of benzene rings is 2. The molecule has 0 saturated carbocycles. The number of allylic oxidation sites excluding steroid dienone is 1. The molecule has 5 rings (SSSR count). The fraction of sp³-hybridized carbons (Fsp3) is 0.385. The minimum Gasteiger partial charge on any atom is -0.351 e. The van der Waals surface area contributed by atoms with Crippen LogP contribution in [0.3, 0.4) is 0 Å². The van der Waals surface area contributed by atoms with Crippen LogP contribution in [0.15, 0.2) is 66.2 Å². The summed E-state index contributed by atoms with van der Waals surface area (Å²) >= 11 is 0. The largest absolute Gasteiger partial charge is 0.351 e. The van der Waals surface area contributed by atoms with Crippen molar-refractivity contribution in [2.24, 2.45) is 10.8 Å². The van der Waals surface area contributed by atoms with E-state index in [0.29, 0.717) is 43.1 Å². The molecule has 6 heteroatoms. The Kier molecular flexibility index (Phi) is 5.34.